The molecule has 0 N–H and O–H groups in total. The maximum absolute atomic E-state index is 13.1. The van der Waals surface area contributed by atoms with Gasteiger partial charge in [0, 0.05) is 25.7 Å². The van der Waals surface area contributed by atoms with Gasteiger partial charge in [-0.3, -0.25) is 9.59 Å². The van der Waals surface area contributed by atoms with Crippen LogP contribution in [0.25, 0.3) is 5.82 Å². The Hall–Kier alpha value is -3.71. The number of amides is 1. The molecule has 0 saturated carbocycles. The van der Waals surface area contributed by atoms with E-state index in [-0.39, 0.29) is 17.7 Å². The molecule has 8 nitrogen and oxygen atoms in total. The molecule has 3 rings (SSSR count). The van der Waals surface area contributed by atoms with E-state index in [9.17, 15) is 35.9 Å². The maximum Gasteiger partial charge on any atom is 0.416 e. The molecule has 0 aliphatic rings. The zero-order valence-electron chi connectivity index (χ0n) is 17.3. The van der Waals surface area contributed by atoms with Crippen LogP contribution in [0.15, 0.2) is 41.5 Å². The molecule has 2 aromatic heterocycles. The van der Waals surface area contributed by atoms with Crippen LogP contribution in [0.3, 0.4) is 0 Å². The monoisotopic (exact) mass is 474 g/mol. The van der Waals surface area contributed by atoms with Crippen LogP contribution in [0.4, 0.5) is 26.3 Å². The molecule has 2 heterocycles. The van der Waals surface area contributed by atoms with Crippen molar-refractivity contribution in [3.63, 3.8) is 0 Å². The lowest BCUT2D eigenvalue weighted by Gasteiger charge is -2.25. The normalized spacial score (nSPS) is 13.1. The van der Waals surface area contributed by atoms with Crippen molar-refractivity contribution in [2.45, 2.75) is 25.3 Å². The number of nitrogens with zero attached hydrogens (tertiary/aromatic N) is 6. The number of carbonyl (C=O) groups excluding carboxylic acids is 1. The number of hydrogen-bond acceptors (Lipinski definition) is 5. The number of benzene rings is 1. The number of alkyl halides is 6. The average molecular weight is 474 g/mol. The Kier molecular flexibility index (Phi) is 6.04. The Balaban J connectivity index is 1.99. The van der Waals surface area contributed by atoms with Crippen LogP contribution in [0.2, 0.25) is 0 Å². The van der Waals surface area contributed by atoms with Gasteiger partial charge in [-0.1, -0.05) is 0 Å². The van der Waals surface area contributed by atoms with E-state index >= 15 is 0 Å². The first-order valence-electron chi connectivity index (χ1n) is 9.21. The molecule has 176 valence electrons. The molecular weight excluding hydrogens is 458 g/mol. The fourth-order valence-corrected chi connectivity index (χ4v) is 2.95. The molecule has 3 aromatic rings. The topological polar surface area (TPSA) is 85.9 Å². The molecule has 0 spiro atoms. The highest BCUT2D eigenvalue weighted by Crippen LogP contribution is 2.36. The van der Waals surface area contributed by atoms with Crippen molar-refractivity contribution < 1.29 is 31.1 Å². The largest absolute Gasteiger partial charge is 0.416 e. The van der Waals surface area contributed by atoms with Crippen molar-refractivity contribution >= 4 is 5.91 Å². The van der Waals surface area contributed by atoms with Gasteiger partial charge >= 0.3 is 12.4 Å². The summed E-state index contributed by atoms with van der Waals surface area (Å²) in [7, 11) is 2.60. The van der Waals surface area contributed by atoms with Crippen molar-refractivity contribution in [3.05, 3.63) is 69.5 Å². The molecule has 1 aromatic carbocycles. The zero-order chi connectivity index (χ0) is 24.7. The van der Waals surface area contributed by atoms with E-state index in [0.717, 1.165) is 15.9 Å². The van der Waals surface area contributed by atoms with Gasteiger partial charge in [0.15, 0.2) is 11.6 Å². The van der Waals surface area contributed by atoms with Crippen LogP contribution in [0, 0.1) is 0 Å². The standard InChI is InChI=1S/C19H16F6N6O2/c1-10(16-26-9-27-31(16)14-4-5-15(32)30(3)28-14)29(2)17(33)11-6-12(18(20,21)22)8-13(7-11)19(23,24)25/h4-10H,1-3H3/t10-/m0/s1. The number of halogens is 6. The molecule has 0 saturated heterocycles. The van der Waals surface area contributed by atoms with Crippen LogP contribution in [-0.2, 0) is 19.4 Å². The SMILES string of the molecule is C[C@@H](c1ncnn1-c1ccc(=O)n(C)n1)N(C)C(=O)c1cc(C(F)(F)F)cc(C(F)(F)F)c1. The van der Waals surface area contributed by atoms with Gasteiger partial charge in [0.25, 0.3) is 11.5 Å². The number of hydrogen-bond donors (Lipinski definition) is 0. The number of aromatic nitrogens is 5. The van der Waals surface area contributed by atoms with Crippen molar-refractivity contribution in [1.82, 2.24) is 29.4 Å². The highest BCUT2D eigenvalue weighted by Gasteiger charge is 2.38. The van der Waals surface area contributed by atoms with Gasteiger partial charge in [0.05, 0.1) is 17.2 Å². The van der Waals surface area contributed by atoms with Gasteiger partial charge in [0.1, 0.15) is 6.33 Å². The van der Waals surface area contributed by atoms with Crippen LogP contribution in [0.5, 0.6) is 0 Å². The van der Waals surface area contributed by atoms with Crippen LogP contribution in [-0.4, -0.2) is 42.4 Å². The average Bonchev–Trinajstić information content (AvgIpc) is 3.22. The third-order valence-corrected chi connectivity index (χ3v) is 4.85. The second-order valence-electron chi connectivity index (χ2n) is 7.07. The Morgan fingerprint density at radius 2 is 1.61 bits per heavy atom. The lowest BCUT2D eigenvalue weighted by molar-refractivity contribution is -0.143. The Morgan fingerprint density at radius 3 is 2.12 bits per heavy atom. The Morgan fingerprint density at radius 1 is 1.03 bits per heavy atom. The Labute approximate surface area is 182 Å². The number of carbonyl (C=O) groups is 1. The summed E-state index contributed by atoms with van der Waals surface area (Å²) in [5.74, 6) is -0.821. The number of rotatable bonds is 4. The van der Waals surface area contributed by atoms with E-state index in [4.69, 9.17) is 0 Å². The number of aryl methyl sites for hydroxylation is 1. The van der Waals surface area contributed by atoms with E-state index in [2.05, 4.69) is 15.2 Å². The van der Waals surface area contributed by atoms with E-state index in [1.165, 1.54) is 37.8 Å². The summed E-state index contributed by atoms with van der Waals surface area (Å²) in [6, 6.07) is 2.29. The molecule has 0 aliphatic carbocycles. The smallest absolute Gasteiger partial charge is 0.332 e. The minimum absolute atomic E-state index is 0.0534. The van der Waals surface area contributed by atoms with Gasteiger partial charge < -0.3 is 4.90 Å². The van der Waals surface area contributed by atoms with Crippen molar-refractivity contribution in [2.24, 2.45) is 7.05 Å². The summed E-state index contributed by atoms with van der Waals surface area (Å²) in [5.41, 5.74) is -4.39. The summed E-state index contributed by atoms with van der Waals surface area (Å²) in [4.78, 5) is 29.4. The van der Waals surface area contributed by atoms with Gasteiger partial charge in [0.2, 0.25) is 0 Å². The van der Waals surface area contributed by atoms with Gasteiger partial charge in [-0.05, 0) is 31.2 Å². The Bertz CT molecular complexity index is 1210. The van der Waals surface area contributed by atoms with Gasteiger partial charge in [-0.15, -0.1) is 5.10 Å². The fourth-order valence-electron chi connectivity index (χ4n) is 2.95. The predicted molar refractivity (Wildman–Crippen MR) is 101 cm³/mol. The van der Waals surface area contributed by atoms with Crippen LogP contribution in [0.1, 0.15) is 40.3 Å². The first kappa shape index (κ1) is 23.9. The minimum Gasteiger partial charge on any atom is -0.332 e. The zero-order valence-corrected chi connectivity index (χ0v) is 17.3. The summed E-state index contributed by atoms with van der Waals surface area (Å²) >= 11 is 0. The summed E-state index contributed by atoms with van der Waals surface area (Å²) in [5, 5.41) is 7.99. The lowest BCUT2D eigenvalue weighted by atomic mass is 10.0. The molecule has 0 bridgehead atoms. The molecule has 0 radical (unpaired) electrons. The third kappa shape index (κ3) is 4.88. The van der Waals surface area contributed by atoms with E-state index < -0.39 is 46.6 Å². The van der Waals surface area contributed by atoms with Crippen molar-refractivity contribution in [1.29, 1.82) is 0 Å². The summed E-state index contributed by atoms with van der Waals surface area (Å²) < 4.78 is 81.1. The molecular formula is C19H16F6N6O2. The molecule has 1 amide bonds. The van der Waals surface area contributed by atoms with Gasteiger partial charge in [-0.2, -0.15) is 36.1 Å². The first-order valence-corrected chi connectivity index (χ1v) is 9.21. The molecule has 0 aliphatic heterocycles. The lowest BCUT2D eigenvalue weighted by Crippen LogP contribution is -2.32. The summed E-state index contributed by atoms with van der Waals surface area (Å²) in [6.07, 6.45) is -9.05. The second-order valence-corrected chi connectivity index (χ2v) is 7.07. The molecule has 33 heavy (non-hydrogen) atoms. The quantitative estimate of drug-likeness (QED) is 0.542. The highest BCUT2D eigenvalue weighted by atomic mass is 19.4. The maximum atomic E-state index is 13.1. The highest BCUT2D eigenvalue weighted by molar-refractivity contribution is 5.94. The van der Waals surface area contributed by atoms with E-state index in [1.807, 2.05) is 0 Å². The van der Waals surface area contributed by atoms with Gasteiger partial charge in [-0.25, -0.2) is 9.67 Å². The predicted octanol–water partition coefficient (Wildman–Crippen LogP) is 3.23. The van der Waals surface area contributed by atoms with Crippen molar-refractivity contribution in [3.8, 4) is 5.82 Å². The molecule has 1 atom stereocenters. The van der Waals surface area contributed by atoms with Crippen molar-refractivity contribution in [2.75, 3.05) is 7.05 Å². The summed E-state index contributed by atoms with van der Waals surface area (Å²) in [6.45, 7) is 1.46. The third-order valence-electron chi connectivity index (χ3n) is 4.85. The van der Waals surface area contributed by atoms with E-state index in [1.54, 1.807) is 0 Å². The van der Waals surface area contributed by atoms with Crippen LogP contribution < -0.4 is 5.56 Å². The fraction of sp³-hybridized carbons (Fsp3) is 0.316. The molecule has 0 unspecified atom stereocenters. The molecule has 0 fully saturated rings. The second kappa shape index (κ2) is 8.33. The van der Waals surface area contributed by atoms with E-state index in [0.29, 0.717) is 12.1 Å². The van der Waals surface area contributed by atoms with Crippen LogP contribution >= 0.6 is 0 Å². The minimum atomic E-state index is -5.09. The molecule has 14 heteroatoms. The first-order chi connectivity index (χ1) is 15.2.